The number of rotatable bonds is 11. The Hall–Kier alpha value is -1.10. The van der Waals surface area contributed by atoms with Crippen LogP contribution in [0.2, 0.25) is 0 Å². The quantitative estimate of drug-likeness (QED) is 0.346. The predicted molar refractivity (Wildman–Crippen MR) is 89.5 cm³/mol. The lowest BCUT2D eigenvalue weighted by molar-refractivity contribution is -0.509. The zero-order valence-corrected chi connectivity index (χ0v) is 14.3. The van der Waals surface area contributed by atoms with E-state index in [9.17, 15) is 0 Å². The summed E-state index contributed by atoms with van der Waals surface area (Å²) < 4.78 is 0. The molecule has 0 spiro atoms. The van der Waals surface area contributed by atoms with E-state index in [1.807, 2.05) is 26.0 Å². The lowest BCUT2D eigenvalue weighted by atomic mass is 10.1. The second-order valence-corrected chi connectivity index (χ2v) is 5.07. The van der Waals surface area contributed by atoms with Crippen molar-refractivity contribution in [2.75, 3.05) is 13.2 Å². The molecule has 0 aromatic heterocycles. The minimum absolute atomic E-state index is 0.363. The highest BCUT2D eigenvalue weighted by Crippen LogP contribution is 2.13. The normalized spacial score (nSPS) is 10.1. The molecule has 0 aliphatic carbocycles. The van der Waals surface area contributed by atoms with Crippen LogP contribution in [-0.4, -0.2) is 18.3 Å². The van der Waals surface area contributed by atoms with Gasteiger partial charge in [0.2, 0.25) is 0 Å². The molecule has 0 amide bonds. The first-order valence-electron chi connectivity index (χ1n) is 8.43. The third-order valence-corrected chi connectivity index (χ3v) is 3.09. The molecule has 22 heavy (non-hydrogen) atoms. The number of benzene rings is 1. The third-order valence-electron chi connectivity index (χ3n) is 3.09. The molecule has 1 rings (SSSR count). The van der Waals surface area contributed by atoms with Gasteiger partial charge < -0.3 is 5.11 Å². The maximum atomic E-state index is 9.13. The summed E-state index contributed by atoms with van der Waals surface area (Å²) in [5.74, 6) is 0.363. The zero-order chi connectivity index (χ0) is 16.5. The molecule has 0 bridgehead atoms. The molecule has 0 heterocycles. The fourth-order valence-corrected chi connectivity index (χ4v) is 1.90. The summed E-state index contributed by atoms with van der Waals surface area (Å²) in [6, 6.07) is 7.57. The van der Waals surface area contributed by atoms with Crippen molar-refractivity contribution in [2.45, 2.75) is 65.7 Å². The van der Waals surface area contributed by atoms with Gasteiger partial charge in [0.25, 0.3) is 0 Å². The van der Waals surface area contributed by atoms with Crippen molar-refractivity contribution in [1.29, 1.82) is 0 Å². The molecule has 0 aliphatic heterocycles. The molecule has 1 aromatic rings. The number of aryl methyl sites for hydroxylation is 1. The van der Waals surface area contributed by atoms with E-state index in [4.69, 9.17) is 5.11 Å². The molecule has 0 aliphatic rings. The molecule has 0 unspecified atom stereocenters. The molecule has 0 radical (unpaired) electrons. The van der Waals surface area contributed by atoms with E-state index >= 15 is 0 Å². The highest BCUT2D eigenvalue weighted by atomic mass is 17.5. The summed E-state index contributed by atoms with van der Waals surface area (Å²) in [6.45, 7) is 6.91. The first-order valence-corrected chi connectivity index (χ1v) is 8.43. The summed E-state index contributed by atoms with van der Waals surface area (Å²) in [5, 5.41) is 13.3. The Labute approximate surface area is 135 Å². The van der Waals surface area contributed by atoms with E-state index in [2.05, 4.69) is 21.7 Å². The number of aromatic hydroxyl groups is 1. The van der Waals surface area contributed by atoms with Crippen LogP contribution >= 0.6 is 0 Å². The number of phenolic OH excluding ortho intramolecular Hbond substituents is 1. The van der Waals surface area contributed by atoms with Crippen LogP contribution in [-0.2, 0) is 21.2 Å². The van der Waals surface area contributed by atoms with Crippen molar-refractivity contribution in [3.63, 3.8) is 0 Å². The van der Waals surface area contributed by atoms with E-state index in [0.29, 0.717) is 19.0 Å². The Bertz CT molecular complexity index is 320. The van der Waals surface area contributed by atoms with Crippen molar-refractivity contribution in [3.05, 3.63) is 29.8 Å². The van der Waals surface area contributed by atoms with Crippen molar-refractivity contribution < 1.29 is 19.9 Å². The SMILES string of the molecule is CCCCCCCCc1ccc(O)cc1.CCOOOCC. The summed E-state index contributed by atoms with van der Waals surface area (Å²) in [4.78, 5) is 8.70. The van der Waals surface area contributed by atoms with Gasteiger partial charge in [0.05, 0.1) is 13.2 Å². The molecule has 0 saturated heterocycles. The second kappa shape index (κ2) is 16.3. The smallest absolute Gasteiger partial charge is 0.115 e. The van der Waals surface area contributed by atoms with E-state index < -0.39 is 0 Å². The maximum Gasteiger partial charge on any atom is 0.115 e. The average molecular weight is 312 g/mol. The van der Waals surface area contributed by atoms with Crippen LogP contribution in [0, 0.1) is 0 Å². The van der Waals surface area contributed by atoms with Gasteiger partial charge in [0.1, 0.15) is 5.75 Å². The van der Waals surface area contributed by atoms with Gasteiger partial charge in [-0.3, -0.25) is 0 Å². The Morgan fingerprint density at radius 3 is 1.86 bits per heavy atom. The molecule has 4 heteroatoms. The van der Waals surface area contributed by atoms with Crippen LogP contribution in [0.15, 0.2) is 24.3 Å². The lowest BCUT2D eigenvalue weighted by Gasteiger charge is -2.02. The van der Waals surface area contributed by atoms with Gasteiger partial charge in [-0.2, -0.15) is 0 Å². The van der Waals surface area contributed by atoms with Crippen molar-refractivity contribution in [1.82, 2.24) is 0 Å². The second-order valence-electron chi connectivity index (χ2n) is 5.07. The first-order chi connectivity index (χ1) is 10.7. The summed E-state index contributed by atoms with van der Waals surface area (Å²) in [6.07, 6.45) is 9.19. The number of hydrogen-bond donors (Lipinski definition) is 1. The highest BCUT2D eigenvalue weighted by Gasteiger charge is 1.94. The Morgan fingerprint density at radius 2 is 1.32 bits per heavy atom. The monoisotopic (exact) mass is 312 g/mol. The third kappa shape index (κ3) is 13.9. The topological polar surface area (TPSA) is 47.9 Å². The van der Waals surface area contributed by atoms with E-state index in [0.717, 1.165) is 6.42 Å². The number of unbranched alkanes of at least 4 members (excludes halogenated alkanes) is 5. The Balaban J connectivity index is 0.000000534. The molecule has 1 aromatic carbocycles. The molecule has 128 valence electrons. The summed E-state index contributed by atoms with van der Waals surface area (Å²) in [7, 11) is 0. The van der Waals surface area contributed by atoms with Crippen LogP contribution in [0.3, 0.4) is 0 Å². The fraction of sp³-hybridized carbons (Fsp3) is 0.667. The molecule has 0 saturated carbocycles. The van der Waals surface area contributed by atoms with Gasteiger partial charge in [0.15, 0.2) is 0 Å². The first kappa shape index (κ1) is 20.9. The van der Waals surface area contributed by atoms with Crippen molar-refractivity contribution in [2.24, 2.45) is 0 Å². The average Bonchev–Trinajstić information content (AvgIpc) is 2.54. The molecule has 1 N–H and O–H groups in total. The van der Waals surface area contributed by atoms with Crippen molar-refractivity contribution >= 4 is 0 Å². The minimum Gasteiger partial charge on any atom is -0.508 e. The molecule has 0 atom stereocenters. The van der Waals surface area contributed by atoms with Crippen LogP contribution in [0.25, 0.3) is 0 Å². The Kier molecular flexibility index (Phi) is 15.5. The highest BCUT2D eigenvalue weighted by molar-refractivity contribution is 5.25. The predicted octanol–water partition coefficient (Wildman–Crippen LogP) is 5.20. The van der Waals surface area contributed by atoms with Gasteiger partial charge in [-0.05, 0) is 44.4 Å². The maximum absolute atomic E-state index is 9.13. The molecule has 4 nitrogen and oxygen atoms in total. The molecular weight excluding hydrogens is 280 g/mol. The molecular formula is C18H32O4. The minimum atomic E-state index is 0.363. The van der Waals surface area contributed by atoms with Crippen molar-refractivity contribution in [3.8, 4) is 5.75 Å². The van der Waals surface area contributed by atoms with Crippen LogP contribution < -0.4 is 0 Å². The van der Waals surface area contributed by atoms with E-state index in [1.54, 1.807) is 12.1 Å². The standard InChI is InChI=1S/C14H22O.C4H10O3/c1-2-3-4-5-6-7-8-13-9-11-14(15)12-10-13;1-3-5-7-6-4-2/h9-12,15H,2-8H2,1H3;3-4H2,1-2H3. The largest absolute Gasteiger partial charge is 0.508 e. The fourth-order valence-electron chi connectivity index (χ4n) is 1.90. The van der Waals surface area contributed by atoms with Crippen LogP contribution in [0.5, 0.6) is 5.75 Å². The van der Waals surface area contributed by atoms with E-state index in [-0.39, 0.29) is 0 Å². The Morgan fingerprint density at radius 1 is 0.773 bits per heavy atom. The summed E-state index contributed by atoms with van der Waals surface area (Å²) >= 11 is 0. The van der Waals surface area contributed by atoms with E-state index in [1.165, 1.54) is 44.1 Å². The lowest BCUT2D eigenvalue weighted by Crippen LogP contribution is -1.94. The number of hydrogen-bond acceptors (Lipinski definition) is 4. The van der Waals surface area contributed by atoms with Gasteiger partial charge in [-0.15, -0.1) is 0 Å². The van der Waals surface area contributed by atoms with Gasteiger partial charge in [-0.1, -0.05) is 56.2 Å². The number of phenols is 1. The van der Waals surface area contributed by atoms with Gasteiger partial charge in [-0.25, -0.2) is 9.78 Å². The van der Waals surface area contributed by atoms with Crippen LogP contribution in [0.4, 0.5) is 0 Å². The zero-order valence-electron chi connectivity index (χ0n) is 14.3. The summed E-state index contributed by atoms with van der Waals surface area (Å²) in [5.41, 5.74) is 1.34. The molecule has 0 fully saturated rings. The van der Waals surface area contributed by atoms with Gasteiger partial charge in [0, 0.05) is 0 Å². The van der Waals surface area contributed by atoms with Gasteiger partial charge >= 0.3 is 0 Å². The van der Waals surface area contributed by atoms with Crippen LogP contribution in [0.1, 0.15) is 64.9 Å².